The third-order valence-corrected chi connectivity index (χ3v) is 0. The molecule has 0 heterocycles. The van der Waals surface area contributed by atoms with E-state index >= 15 is 0 Å². The molecule has 0 rings (SSSR count). The molecule has 8 nitrogen and oxygen atoms in total. The standard InChI is InChI=1S/Ca.2ClH.H3N.7H2N/h;2*1H;1H3;7*1H2/q+2;;;;7*-1/p-2. The van der Waals surface area contributed by atoms with E-state index < -0.39 is 0 Å². The first kappa shape index (κ1) is 719. The smallest absolute Gasteiger partial charge is 1.00 e. The summed E-state index contributed by atoms with van der Waals surface area (Å²) in [7, 11) is 0. The van der Waals surface area contributed by atoms with Crippen LogP contribution in [-0.4, -0.2) is 37.7 Å². The van der Waals surface area contributed by atoms with Gasteiger partial charge in [0.2, 0.25) is 0 Å². The second-order valence-corrected chi connectivity index (χ2v) is 0. The molecule has 0 aromatic rings. The molecular weight excluding hydrogens is 223 g/mol. The van der Waals surface area contributed by atoms with Gasteiger partial charge in [0.1, 0.15) is 0 Å². The summed E-state index contributed by atoms with van der Waals surface area (Å²) in [5, 5.41) is 0. The van der Waals surface area contributed by atoms with Gasteiger partial charge in [-0.15, -0.1) is 0 Å². The van der Waals surface area contributed by atoms with Gasteiger partial charge in [0.15, 0.2) is 0 Å². The zero-order valence-corrected chi connectivity index (χ0v) is 9.93. The van der Waals surface area contributed by atoms with E-state index in [1.165, 1.54) is 0 Å². The molecule has 17 N–H and O–H groups in total. The Morgan fingerprint density at radius 3 is 0.364 bits per heavy atom. The van der Waals surface area contributed by atoms with E-state index in [0.29, 0.717) is 0 Å². The monoisotopic (exact) mass is 239 g/mol. The van der Waals surface area contributed by atoms with Crippen molar-refractivity contribution in [3.8, 4) is 0 Å². The van der Waals surface area contributed by atoms with Crippen molar-refractivity contribution in [3.05, 3.63) is 43.1 Å². The molecule has 0 aliphatic heterocycles. The van der Waals surface area contributed by atoms with E-state index in [1.807, 2.05) is 0 Å². The zero-order chi connectivity index (χ0) is 0. The fourth-order valence-electron chi connectivity index (χ4n) is 0. The number of hydrogen-bond donors (Lipinski definition) is 1. The van der Waals surface area contributed by atoms with Crippen LogP contribution in [0.2, 0.25) is 0 Å². The van der Waals surface area contributed by atoms with Crippen LogP contribution in [0.3, 0.4) is 0 Å². The molecule has 0 spiro atoms. The summed E-state index contributed by atoms with van der Waals surface area (Å²) >= 11 is 0. The van der Waals surface area contributed by atoms with Gasteiger partial charge in [0, 0.05) is 0 Å². The van der Waals surface area contributed by atoms with Gasteiger partial charge in [-0.25, -0.2) is 0 Å². The van der Waals surface area contributed by atoms with E-state index in [0.717, 1.165) is 0 Å². The van der Waals surface area contributed by atoms with E-state index in [9.17, 15) is 0 Å². The first-order valence-electron chi connectivity index (χ1n) is 0. The van der Waals surface area contributed by atoms with Crippen LogP contribution in [0.5, 0.6) is 0 Å². The predicted molar refractivity (Wildman–Crippen MR) is 47.8 cm³/mol. The Morgan fingerprint density at radius 1 is 0.364 bits per heavy atom. The molecule has 0 bridgehead atoms. The normalized spacial score (nSPS) is 0. The zero-order valence-electron chi connectivity index (χ0n) is 6.21. The van der Waals surface area contributed by atoms with E-state index in [1.54, 1.807) is 0 Å². The average molecular weight is 240 g/mol. The summed E-state index contributed by atoms with van der Waals surface area (Å²) in [4.78, 5) is 0. The van der Waals surface area contributed by atoms with Crippen LogP contribution < -0.4 is 31.0 Å². The third-order valence-electron chi connectivity index (χ3n) is 0. The van der Waals surface area contributed by atoms with Gasteiger partial charge in [-0.3, -0.25) is 0 Å². The van der Waals surface area contributed by atoms with Crippen LogP contribution in [0.4, 0.5) is 0 Å². The fraction of sp³-hybridized carbons (Fsp3) is 0. The number of halogens is 2. The molecule has 0 atom stereocenters. The maximum atomic E-state index is 0. The van der Waals surface area contributed by atoms with Crippen molar-refractivity contribution in [2.75, 3.05) is 0 Å². The van der Waals surface area contributed by atoms with Crippen molar-refractivity contribution in [1.29, 1.82) is 0 Å². The van der Waals surface area contributed by atoms with E-state index in [-0.39, 0.29) is 112 Å². The SMILES string of the molecule is N.[Ca+2].[Cl-].[Cl-].[NH2-].[NH2-].[NH2-].[NH2-].[NH2-].[NH2-].[NH2-]. The van der Waals surface area contributed by atoms with Crippen LogP contribution >= 0.6 is 0 Å². The first-order valence-corrected chi connectivity index (χ1v) is 0. The maximum absolute atomic E-state index is 0. The molecule has 0 radical (unpaired) electrons. The molecule has 0 aliphatic rings. The number of hydrogen-bond acceptors (Lipinski definition) is 1. The fourth-order valence-corrected chi connectivity index (χ4v) is 0. The van der Waals surface area contributed by atoms with Gasteiger partial charge in [0.05, 0.1) is 0 Å². The van der Waals surface area contributed by atoms with Crippen molar-refractivity contribution >= 4 is 37.7 Å². The minimum atomic E-state index is 0. The average Bonchev–Trinajstić information content (AvgIpc) is 0. The van der Waals surface area contributed by atoms with Gasteiger partial charge in [-0.2, -0.15) is 0 Å². The Kier molecular flexibility index (Phi) is 36100. The summed E-state index contributed by atoms with van der Waals surface area (Å²) in [5.41, 5.74) is 0. The Labute approximate surface area is 111 Å². The molecular formula is H17CaCl2N8-7. The first-order chi connectivity index (χ1) is 0. The van der Waals surface area contributed by atoms with Gasteiger partial charge >= 0.3 is 37.7 Å². The summed E-state index contributed by atoms with van der Waals surface area (Å²) in [6, 6.07) is 0. The van der Waals surface area contributed by atoms with Gasteiger partial charge < -0.3 is 74.0 Å². The molecule has 80 valence electrons. The Balaban J connectivity index is 0. The van der Waals surface area contributed by atoms with Gasteiger partial charge in [-0.05, 0) is 0 Å². The van der Waals surface area contributed by atoms with Crippen LogP contribution in [0.15, 0.2) is 0 Å². The molecule has 0 amide bonds. The number of nitrogens with two attached hydrogens (primary N) is 7. The minimum absolute atomic E-state index is 0. The summed E-state index contributed by atoms with van der Waals surface area (Å²) in [5.74, 6) is 0. The molecule has 0 saturated carbocycles. The van der Waals surface area contributed by atoms with E-state index in [4.69, 9.17) is 0 Å². The molecule has 0 saturated heterocycles. The molecule has 11 heavy (non-hydrogen) atoms. The second-order valence-electron chi connectivity index (χ2n) is 0. The molecule has 0 unspecified atom stereocenters. The second kappa shape index (κ2) is 552. The van der Waals surface area contributed by atoms with E-state index in [2.05, 4.69) is 0 Å². The van der Waals surface area contributed by atoms with Crippen LogP contribution in [0, 0.1) is 0 Å². The molecule has 0 aromatic carbocycles. The maximum Gasteiger partial charge on any atom is 2.00 e. The van der Waals surface area contributed by atoms with Crippen molar-refractivity contribution in [1.82, 2.24) is 6.15 Å². The third kappa shape index (κ3) is 452. The van der Waals surface area contributed by atoms with Gasteiger partial charge in [0.25, 0.3) is 0 Å². The van der Waals surface area contributed by atoms with Crippen LogP contribution in [0.25, 0.3) is 43.1 Å². The minimum Gasteiger partial charge on any atom is -1.00 e. The Bertz CT molecular complexity index is 12.1. The Morgan fingerprint density at radius 2 is 0.364 bits per heavy atom. The van der Waals surface area contributed by atoms with Crippen molar-refractivity contribution in [3.63, 3.8) is 0 Å². The predicted octanol–water partition coefficient (Wildman–Crippen LogP) is -1.19. The quantitative estimate of drug-likeness (QED) is 0.502. The molecule has 11 heteroatoms. The molecule has 0 aliphatic carbocycles. The summed E-state index contributed by atoms with van der Waals surface area (Å²) in [6.07, 6.45) is 0. The van der Waals surface area contributed by atoms with Crippen molar-refractivity contribution < 1.29 is 24.8 Å². The topological polar surface area (TPSA) is 270 Å². The van der Waals surface area contributed by atoms with Crippen LogP contribution in [-0.2, 0) is 0 Å². The molecule has 0 aromatic heterocycles. The van der Waals surface area contributed by atoms with Gasteiger partial charge in [-0.1, -0.05) is 0 Å². The van der Waals surface area contributed by atoms with Crippen molar-refractivity contribution in [2.24, 2.45) is 0 Å². The largest absolute Gasteiger partial charge is 2.00 e. The van der Waals surface area contributed by atoms with Crippen molar-refractivity contribution in [2.45, 2.75) is 0 Å². The summed E-state index contributed by atoms with van der Waals surface area (Å²) in [6.45, 7) is 0. The Hall–Kier alpha value is 1.52. The van der Waals surface area contributed by atoms with Crippen LogP contribution in [0.1, 0.15) is 0 Å². The summed E-state index contributed by atoms with van der Waals surface area (Å²) < 4.78 is 0. The number of rotatable bonds is 0. The molecule has 0 fully saturated rings.